The molecule has 1 aliphatic heterocycles. The van der Waals surface area contributed by atoms with E-state index in [9.17, 15) is 4.79 Å². The first-order valence-corrected chi connectivity index (χ1v) is 7.12. The standard InChI is InChI=1S/C15H24N4O/c1-17(2)13-3-5-14(6-4-13)18-9-11-19(12-10-18)15(20)7-8-16/h3-6H,7-12,16H2,1-2H3. The molecule has 1 heterocycles. The highest BCUT2D eigenvalue weighted by molar-refractivity contribution is 5.76. The van der Waals surface area contributed by atoms with Crippen molar-refractivity contribution >= 4 is 17.3 Å². The highest BCUT2D eigenvalue weighted by atomic mass is 16.2. The molecule has 2 N–H and O–H groups in total. The number of hydrogen-bond donors (Lipinski definition) is 1. The van der Waals surface area contributed by atoms with Crippen molar-refractivity contribution in [2.45, 2.75) is 6.42 Å². The summed E-state index contributed by atoms with van der Waals surface area (Å²) in [7, 11) is 4.08. The lowest BCUT2D eigenvalue weighted by molar-refractivity contribution is -0.131. The topological polar surface area (TPSA) is 52.8 Å². The molecule has 2 rings (SSSR count). The van der Waals surface area contributed by atoms with Gasteiger partial charge in [-0.1, -0.05) is 0 Å². The lowest BCUT2D eigenvalue weighted by Gasteiger charge is -2.36. The third-order valence-electron chi connectivity index (χ3n) is 3.72. The van der Waals surface area contributed by atoms with Crippen LogP contribution in [0.1, 0.15) is 6.42 Å². The Labute approximate surface area is 120 Å². The van der Waals surface area contributed by atoms with E-state index in [0.717, 1.165) is 26.2 Å². The first-order chi connectivity index (χ1) is 9.61. The van der Waals surface area contributed by atoms with E-state index in [0.29, 0.717) is 13.0 Å². The molecule has 1 fully saturated rings. The minimum Gasteiger partial charge on any atom is -0.378 e. The van der Waals surface area contributed by atoms with Crippen LogP contribution in [-0.2, 0) is 4.79 Å². The summed E-state index contributed by atoms with van der Waals surface area (Å²) in [5, 5.41) is 0. The average molecular weight is 276 g/mol. The normalized spacial score (nSPS) is 15.3. The van der Waals surface area contributed by atoms with Gasteiger partial charge in [-0.05, 0) is 24.3 Å². The Morgan fingerprint density at radius 1 is 1.15 bits per heavy atom. The summed E-state index contributed by atoms with van der Waals surface area (Å²) in [5.74, 6) is 0.176. The molecule has 1 amide bonds. The molecule has 20 heavy (non-hydrogen) atoms. The van der Waals surface area contributed by atoms with Crippen LogP contribution in [0.3, 0.4) is 0 Å². The minimum absolute atomic E-state index is 0.176. The molecule has 0 spiro atoms. The predicted molar refractivity (Wildman–Crippen MR) is 83.2 cm³/mol. The number of hydrogen-bond acceptors (Lipinski definition) is 4. The Bertz CT molecular complexity index is 436. The molecule has 110 valence electrons. The molecule has 1 aliphatic rings. The second-order valence-electron chi connectivity index (χ2n) is 5.32. The zero-order chi connectivity index (χ0) is 14.5. The van der Waals surface area contributed by atoms with E-state index in [2.05, 4.69) is 34.1 Å². The van der Waals surface area contributed by atoms with E-state index in [1.807, 2.05) is 19.0 Å². The summed E-state index contributed by atoms with van der Waals surface area (Å²) in [6, 6.07) is 8.54. The van der Waals surface area contributed by atoms with Crippen LogP contribution in [0.4, 0.5) is 11.4 Å². The third kappa shape index (κ3) is 3.42. The number of nitrogens with two attached hydrogens (primary N) is 1. The maximum Gasteiger partial charge on any atom is 0.223 e. The first-order valence-electron chi connectivity index (χ1n) is 7.12. The largest absolute Gasteiger partial charge is 0.378 e. The fourth-order valence-corrected chi connectivity index (χ4v) is 2.46. The van der Waals surface area contributed by atoms with Crippen molar-refractivity contribution in [1.82, 2.24) is 4.90 Å². The summed E-state index contributed by atoms with van der Waals surface area (Å²) in [6.45, 7) is 3.78. The van der Waals surface area contributed by atoms with Gasteiger partial charge in [-0.25, -0.2) is 0 Å². The van der Waals surface area contributed by atoms with Crippen LogP contribution in [0.25, 0.3) is 0 Å². The van der Waals surface area contributed by atoms with Crippen LogP contribution in [0.5, 0.6) is 0 Å². The molecule has 0 atom stereocenters. The number of benzene rings is 1. The number of amides is 1. The molecule has 1 saturated heterocycles. The maximum atomic E-state index is 11.8. The molecule has 0 aromatic heterocycles. The van der Waals surface area contributed by atoms with Crippen LogP contribution < -0.4 is 15.5 Å². The Kier molecular flexibility index (Phi) is 4.84. The Morgan fingerprint density at radius 2 is 1.75 bits per heavy atom. The van der Waals surface area contributed by atoms with Gasteiger partial charge >= 0.3 is 0 Å². The lowest BCUT2D eigenvalue weighted by Crippen LogP contribution is -2.49. The number of anilines is 2. The van der Waals surface area contributed by atoms with Crippen molar-refractivity contribution < 1.29 is 4.79 Å². The van der Waals surface area contributed by atoms with Gasteiger partial charge in [0.15, 0.2) is 0 Å². The summed E-state index contributed by atoms with van der Waals surface area (Å²) in [6.07, 6.45) is 0.456. The number of rotatable bonds is 4. The Balaban J connectivity index is 1.91. The SMILES string of the molecule is CN(C)c1ccc(N2CCN(C(=O)CCN)CC2)cc1. The lowest BCUT2D eigenvalue weighted by atomic mass is 10.2. The fourth-order valence-electron chi connectivity index (χ4n) is 2.46. The van der Waals surface area contributed by atoms with E-state index in [1.165, 1.54) is 11.4 Å². The van der Waals surface area contributed by atoms with E-state index in [1.54, 1.807) is 0 Å². The Morgan fingerprint density at radius 3 is 2.25 bits per heavy atom. The van der Waals surface area contributed by atoms with Gasteiger partial charge in [-0.2, -0.15) is 0 Å². The predicted octanol–water partition coefficient (Wildman–Crippen LogP) is 0.750. The number of piperazine rings is 1. The smallest absolute Gasteiger partial charge is 0.223 e. The van der Waals surface area contributed by atoms with Crippen molar-refractivity contribution in [3.63, 3.8) is 0 Å². The third-order valence-corrected chi connectivity index (χ3v) is 3.72. The molecule has 1 aromatic carbocycles. The van der Waals surface area contributed by atoms with Crippen molar-refractivity contribution in [3.05, 3.63) is 24.3 Å². The van der Waals surface area contributed by atoms with Crippen molar-refractivity contribution in [2.24, 2.45) is 5.73 Å². The van der Waals surface area contributed by atoms with Gasteiger partial charge in [0, 0.05) is 64.6 Å². The molecule has 5 nitrogen and oxygen atoms in total. The summed E-state index contributed by atoms with van der Waals surface area (Å²) in [4.78, 5) is 18.1. The molecular weight excluding hydrogens is 252 g/mol. The zero-order valence-corrected chi connectivity index (χ0v) is 12.4. The van der Waals surface area contributed by atoms with Crippen LogP contribution >= 0.6 is 0 Å². The number of carbonyl (C=O) groups excluding carboxylic acids is 1. The maximum absolute atomic E-state index is 11.8. The van der Waals surface area contributed by atoms with Crippen LogP contribution in [0, 0.1) is 0 Å². The molecule has 0 bridgehead atoms. The quantitative estimate of drug-likeness (QED) is 0.882. The molecule has 0 aliphatic carbocycles. The molecule has 0 radical (unpaired) electrons. The fraction of sp³-hybridized carbons (Fsp3) is 0.533. The van der Waals surface area contributed by atoms with Crippen molar-refractivity contribution in [2.75, 3.05) is 56.6 Å². The van der Waals surface area contributed by atoms with Crippen molar-refractivity contribution in [3.8, 4) is 0 Å². The van der Waals surface area contributed by atoms with Gasteiger partial charge in [-0.15, -0.1) is 0 Å². The van der Waals surface area contributed by atoms with Crippen LogP contribution in [0.15, 0.2) is 24.3 Å². The van der Waals surface area contributed by atoms with E-state index in [-0.39, 0.29) is 5.91 Å². The molecule has 0 unspecified atom stereocenters. The van der Waals surface area contributed by atoms with Gasteiger partial charge in [-0.3, -0.25) is 4.79 Å². The first kappa shape index (κ1) is 14.7. The average Bonchev–Trinajstić information content (AvgIpc) is 2.48. The second kappa shape index (κ2) is 6.61. The van der Waals surface area contributed by atoms with Crippen LogP contribution in [0.2, 0.25) is 0 Å². The number of nitrogens with zero attached hydrogens (tertiary/aromatic N) is 3. The highest BCUT2D eigenvalue weighted by Gasteiger charge is 2.20. The van der Waals surface area contributed by atoms with Gasteiger partial charge in [0.05, 0.1) is 0 Å². The second-order valence-corrected chi connectivity index (χ2v) is 5.32. The summed E-state index contributed by atoms with van der Waals surface area (Å²) < 4.78 is 0. The monoisotopic (exact) mass is 276 g/mol. The summed E-state index contributed by atoms with van der Waals surface area (Å²) in [5.41, 5.74) is 7.85. The zero-order valence-electron chi connectivity index (χ0n) is 12.4. The van der Waals surface area contributed by atoms with Gasteiger partial charge in [0.1, 0.15) is 0 Å². The van der Waals surface area contributed by atoms with Gasteiger partial charge in [0.25, 0.3) is 0 Å². The van der Waals surface area contributed by atoms with Crippen molar-refractivity contribution in [1.29, 1.82) is 0 Å². The molecule has 0 saturated carbocycles. The molecule has 1 aromatic rings. The minimum atomic E-state index is 0.176. The molecular formula is C15H24N4O. The van der Waals surface area contributed by atoms with Gasteiger partial charge < -0.3 is 20.4 Å². The summed E-state index contributed by atoms with van der Waals surface area (Å²) >= 11 is 0. The Hall–Kier alpha value is -1.75. The van der Waals surface area contributed by atoms with E-state index < -0.39 is 0 Å². The number of carbonyl (C=O) groups is 1. The van der Waals surface area contributed by atoms with Crippen LogP contribution in [-0.4, -0.2) is 57.6 Å². The molecule has 5 heteroatoms. The van der Waals surface area contributed by atoms with E-state index in [4.69, 9.17) is 5.73 Å². The van der Waals surface area contributed by atoms with Gasteiger partial charge in [0.2, 0.25) is 5.91 Å². The highest BCUT2D eigenvalue weighted by Crippen LogP contribution is 2.20. The van der Waals surface area contributed by atoms with E-state index >= 15 is 0 Å².